The molecule has 0 saturated carbocycles. The molecule has 0 atom stereocenters. The lowest BCUT2D eigenvalue weighted by atomic mass is 9.77. The molecule has 0 saturated heterocycles. The van der Waals surface area contributed by atoms with Crippen LogP contribution in [0.25, 0.3) is 176 Å². The maximum absolute atomic E-state index is 6.84. The highest BCUT2D eigenvalue weighted by molar-refractivity contribution is 6.24. The minimum atomic E-state index is 0.152. The Morgan fingerprint density at radius 1 is 0.165 bits per heavy atom. The Bertz CT molecular complexity index is 7400. The van der Waals surface area contributed by atoms with E-state index in [1.54, 1.807) is 0 Å². The number of fused-ring (bicyclic) bond motifs is 8. The van der Waals surface area contributed by atoms with Crippen molar-refractivity contribution in [3.05, 3.63) is 502 Å². The van der Waals surface area contributed by atoms with Crippen LogP contribution in [-0.2, 0) is 0 Å². The van der Waals surface area contributed by atoms with Crippen LogP contribution in [0.15, 0.2) is 490 Å². The van der Waals surface area contributed by atoms with Gasteiger partial charge in [-0.05, 0) is 226 Å². The Balaban J connectivity index is 0.000000149. The van der Waals surface area contributed by atoms with Gasteiger partial charge in [0, 0.05) is 39.8 Å². The average Bonchev–Trinajstić information content (AvgIpc) is 0.815. The summed E-state index contributed by atoms with van der Waals surface area (Å²) in [5, 5.41) is 12.1. The summed E-state index contributed by atoms with van der Waals surface area (Å²) in [6.45, 7) is 0. The van der Waals surface area contributed by atoms with Crippen LogP contribution in [-0.4, -0.2) is 0 Å². The SMILES string of the molecule is c1ccc(-c2c(-c3ccccc3)c(-c3ccccc3)c3c(-c4ccc5c(c4)oc4cc(N(c6ccccc6)c6ccccc6)ccc45)cccc3c2-c2ccccc2)cc1.c1ccc(-c2c(-c3ccccc3)c(-c3ccccc3)c3c(-c4ccc5c(ccc6cc(C(c7ccccc7)c7ccccc7)ccc65)c4)cccc3c2-c2ccccc2)cc1. The first-order valence-corrected chi connectivity index (χ1v) is 41.7. The van der Waals surface area contributed by atoms with Crippen LogP contribution >= 0.6 is 0 Å². The predicted octanol–water partition coefficient (Wildman–Crippen LogP) is 33.2. The zero-order valence-corrected chi connectivity index (χ0v) is 66.6. The molecule has 22 aromatic rings. The largest absolute Gasteiger partial charge is 0.456 e. The Hall–Kier alpha value is -15.7. The number of hydrogen-bond acceptors (Lipinski definition) is 2. The van der Waals surface area contributed by atoms with Gasteiger partial charge in [0.15, 0.2) is 0 Å². The average molecular weight is 1540 g/mol. The molecule has 21 aromatic carbocycles. The van der Waals surface area contributed by atoms with Crippen LogP contribution in [0.4, 0.5) is 17.1 Å². The molecule has 2 heteroatoms. The van der Waals surface area contributed by atoms with Crippen molar-refractivity contribution in [1.29, 1.82) is 0 Å². The normalized spacial score (nSPS) is 11.4. The second kappa shape index (κ2) is 32.4. The first kappa shape index (κ1) is 72.9. The number of hydrogen-bond donors (Lipinski definition) is 0. The molecule has 1 heterocycles. The third kappa shape index (κ3) is 13.8. The number of rotatable bonds is 16. The van der Waals surface area contributed by atoms with Crippen LogP contribution < -0.4 is 4.90 Å². The van der Waals surface area contributed by atoms with Gasteiger partial charge in [-0.15, -0.1) is 0 Å². The molecule has 0 spiro atoms. The van der Waals surface area contributed by atoms with Gasteiger partial charge >= 0.3 is 0 Å². The van der Waals surface area contributed by atoms with Gasteiger partial charge in [-0.3, -0.25) is 0 Å². The van der Waals surface area contributed by atoms with E-state index < -0.39 is 0 Å². The summed E-state index contributed by atoms with van der Waals surface area (Å²) in [6.07, 6.45) is 0. The Kier molecular flexibility index (Phi) is 19.5. The highest BCUT2D eigenvalue weighted by atomic mass is 16.3. The number of benzene rings is 21. The molecular weight excluding hydrogens is 1460 g/mol. The molecule has 22 rings (SSSR count). The molecule has 0 N–H and O–H groups in total. The zero-order chi connectivity index (χ0) is 80.4. The van der Waals surface area contributed by atoms with E-state index in [-0.39, 0.29) is 5.92 Å². The van der Waals surface area contributed by atoms with E-state index in [9.17, 15) is 0 Å². The molecule has 0 unspecified atom stereocenters. The molecule has 0 aliphatic rings. The molecule has 0 amide bonds. The van der Waals surface area contributed by atoms with Crippen LogP contribution in [0.3, 0.4) is 0 Å². The maximum Gasteiger partial charge on any atom is 0.137 e. The van der Waals surface area contributed by atoms with E-state index >= 15 is 0 Å². The molecule has 0 aliphatic heterocycles. The molecule has 0 aliphatic carbocycles. The van der Waals surface area contributed by atoms with Crippen molar-refractivity contribution in [1.82, 2.24) is 0 Å². The van der Waals surface area contributed by atoms with E-state index in [1.807, 2.05) is 0 Å². The minimum Gasteiger partial charge on any atom is -0.456 e. The van der Waals surface area contributed by atoms with Gasteiger partial charge < -0.3 is 9.32 Å². The van der Waals surface area contributed by atoms with Crippen molar-refractivity contribution < 1.29 is 4.42 Å². The fraction of sp³-hybridized carbons (Fsp3) is 0.00840. The summed E-state index contributed by atoms with van der Waals surface area (Å²) in [4.78, 5) is 2.28. The van der Waals surface area contributed by atoms with Crippen molar-refractivity contribution in [3.63, 3.8) is 0 Å². The third-order valence-electron chi connectivity index (χ3n) is 24.0. The van der Waals surface area contributed by atoms with Gasteiger partial charge in [0.2, 0.25) is 0 Å². The lowest BCUT2D eigenvalue weighted by Gasteiger charge is -2.26. The lowest BCUT2D eigenvalue weighted by Crippen LogP contribution is -2.09. The minimum absolute atomic E-state index is 0.152. The van der Waals surface area contributed by atoms with E-state index in [0.717, 1.165) is 50.1 Å². The fourth-order valence-electron chi connectivity index (χ4n) is 18.7. The van der Waals surface area contributed by atoms with E-state index in [0.29, 0.717) is 0 Å². The molecular formula is C119H81NO. The van der Waals surface area contributed by atoms with Crippen LogP contribution in [0, 0.1) is 0 Å². The third-order valence-corrected chi connectivity index (χ3v) is 24.0. The smallest absolute Gasteiger partial charge is 0.137 e. The van der Waals surface area contributed by atoms with Gasteiger partial charge in [-0.2, -0.15) is 0 Å². The Morgan fingerprint density at radius 2 is 0.463 bits per heavy atom. The highest BCUT2D eigenvalue weighted by Gasteiger charge is 2.30. The van der Waals surface area contributed by atoms with Crippen molar-refractivity contribution in [2.45, 2.75) is 5.92 Å². The summed E-state index contributed by atoms with van der Waals surface area (Å²) < 4.78 is 6.84. The first-order chi connectivity index (χ1) is 60.1. The van der Waals surface area contributed by atoms with Crippen LogP contribution in [0.2, 0.25) is 0 Å². The standard InChI is InChI=1S/C61H42.C58H39NO/c1-7-20-42(21-8-1)56(43-22-9-2-10-23-43)51-37-39-53-49(41-51)35-34-48-40-50(36-38-52(48)53)54-32-19-33-55-57(44-24-11-3-12-25-44)58(45-26-13-4-14-27-45)59(46-28-15-5-16-29-46)60(61(54)55)47-30-17-6-18-31-47;1-7-20-40(21-8-1)54-51-33-19-32-48(58(51)57(43-26-13-4-14-27-43)56(42-24-11-3-12-25-42)55(54)41-22-9-2-10-23-41)44-34-36-49-50-37-35-47(39-53(50)60-52(49)38-44)59(45-28-15-5-16-29-45)46-30-17-6-18-31-46/h1-41,56H;1-39H. The highest BCUT2D eigenvalue weighted by Crippen LogP contribution is 2.56. The van der Waals surface area contributed by atoms with Gasteiger partial charge in [0.25, 0.3) is 0 Å². The molecule has 121 heavy (non-hydrogen) atoms. The molecule has 0 fully saturated rings. The van der Waals surface area contributed by atoms with Gasteiger partial charge in [0.05, 0.1) is 0 Å². The van der Waals surface area contributed by atoms with E-state index in [2.05, 4.69) is 490 Å². The van der Waals surface area contributed by atoms with Crippen molar-refractivity contribution in [2.75, 3.05) is 4.90 Å². The number of furan rings is 1. The van der Waals surface area contributed by atoms with Gasteiger partial charge in [-0.25, -0.2) is 0 Å². The molecule has 568 valence electrons. The van der Waals surface area contributed by atoms with Crippen molar-refractivity contribution in [2.24, 2.45) is 0 Å². The monoisotopic (exact) mass is 1540 g/mol. The van der Waals surface area contributed by atoms with E-state index in [1.165, 1.54) is 160 Å². The van der Waals surface area contributed by atoms with Crippen LogP contribution in [0.1, 0.15) is 22.6 Å². The molecule has 0 radical (unpaired) electrons. The second-order valence-corrected chi connectivity index (χ2v) is 31.1. The number of para-hydroxylation sites is 2. The predicted molar refractivity (Wildman–Crippen MR) is 513 cm³/mol. The van der Waals surface area contributed by atoms with Crippen molar-refractivity contribution in [3.8, 4) is 111 Å². The Labute approximate surface area is 705 Å². The molecule has 1 aromatic heterocycles. The summed E-state index contributed by atoms with van der Waals surface area (Å²) >= 11 is 0. The molecule has 0 bridgehead atoms. The molecule has 2 nitrogen and oxygen atoms in total. The first-order valence-electron chi connectivity index (χ1n) is 41.7. The fourth-order valence-corrected chi connectivity index (χ4v) is 18.7. The van der Waals surface area contributed by atoms with Crippen LogP contribution in [0.5, 0.6) is 0 Å². The maximum atomic E-state index is 6.84. The summed E-state index contributed by atoms with van der Waals surface area (Å²) in [5.74, 6) is 0.152. The number of anilines is 3. The second-order valence-electron chi connectivity index (χ2n) is 31.1. The number of nitrogens with zero attached hydrogens (tertiary/aromatic N) is 1. The van der Waals surface area contributed by atoms with Crippen molar-refractivity contribution >= 4 is 82.1 Å². The topological polar surface area (TPSA) is 16.4 Å². The summed E-state index contributed by atoms with van der Waals surface area (Å²) in [6, 6.07) is 176. The quantitative estimate of drug-likeness (QED) is 0.0708. The summed E-state index contributed by atoms with van der Waals surface area (Å²) in [7, 11) is 0. The van der Waals surface area contributed by atoms with Gasteiger partial charge in [-0.1, -0.05) is 425 Å². The summed E-state index contributed by atoms with van der Waals surface area (Å²) in [5.41, 5.74) is 32.8. The van der Waals surface area contributed by atoms with E-state index in [4.69, 9.17) is 4.42 Å². The Morgan fingerprint density at radius 3 is 0.851 bits per heavy atom. The zero-order valence-electron chi connectivity index (χ0n) is 66.6. The lowest BCUT2D eigenvalue weighted by molar-refractivity contribution is 0.669. The van der Waals surface area contributed by atoms with Gasteiger partial charge in [0.1, 0.15) is 11.2 Å².